The van der Waals surface area contributed by atoms with Crippen LogP contribution in [0.1, 0.15) is 32.3 Å². The van der Waals surface area contributed by atoms with Crippen molar-refractivity contribution < 1.29 is 4.74 Å². The van der Waals surface area contributed by atoms with Crippen LogP contribution in [0.15, 0.2) is 30.3 Å². The van der Waals surface area contributed by atoms with E-state index in [0.717, 1.165) is 12.8 Å². The Morgan fingerprint density at radius 2 is 1.87 bits per heavy atom. The number of hydrogen-bond acceptors (Lipinski definition) is 1. The molecule has 0 amide bonds. The van der Waals surface area contributed by atoms with Crippen molar-refractivity contribution >= 4 is 0 Å². The first-order valence-corrected chi connectivity index (χ1v) is 5.84. The largest absolute Gasteiger partial charge is 0.381 e. The standard InChI is InChI=1S/C14H22O/c1-4-8-14(15-3)12(2)11-13-9-6-5-7-10-13/h5-7,9-10,12,14H,4,8,11H2,1-3H3/t12-,14-/m0/s1. The highest BCUT2D eigenvalue weighted by atomic mass is 16.5. The fraction of sp³-hybridized carbons (Fsp3) is 0.571. The molecular weight excluding hydrogens is 184 g/mol. The third-order valence-corrected chi connectivity index (χ3v) is 2.91. The van der Waals surface area contributed by atoms with Crippen LogP contribution < -0.4 is 0 Å². The minimum atomic E-state index is 0.398. The molecule has 0 aromatic heterocycles. The van der Waals surface area contributed by atoms with Crippen molar-refractivity contribution in [1.82, 2.24) is 0 Å². The molecular formula is C14H22O. The first-order chi connectivity index (χ1) is 7.27. The van der Waals surface area contributed by atoms with Crippen molar-refractivity contribution in [2.24, 2.45) is 5.92 Å². The van der Waals surface area contributed by atoms with Gasteiger partial charge < -0.3 is 4.74 Å². The molecule has 0 fully saturated rings. The summed E-state index contributed by atoms with van der Waals surface area (Å²) >= 11 is 0. The summed E-state index contributed by atoms with van der Waals surface area (Å²) in [6.45, 7) is 4.48. The summed E-state index contributed by atoms with van der Waals surface area (Å²) in [4.78, 5) is 0. The minimum absolute atomic E-state index is 0.398. The molecule has 0 radical (unpaired) electrons. The van der Waals surface area contributed by atoms with Crippen LogP contribution in [0.25, 0.3) is 0 Å². The third-order valence-electron chi connectivity index (χ3n) is 2.91. The van der Waals surface area contributed by atoms with E-state index in [1.807, 2.05) is 7.11 Å². The summed E-state index contributed by atoms with van der Waals surface area (Å²) in [5, 5.41) is 0. The zero-order valence-corrected chi connectivity index (χ0v) is 10.1. The van der Waals surface area contributed by atoms with E-state index in [4.69, 9.17) is 4.74 Å². The number of hydrogen-bond donors (Lipinski definition) is 0. The van der Waals surface area contributed by atoms with Gasteiger partial charge in [0.25, 0.3) is 0 Å². The van der Waals surface area contributed by atoms with Gasteiger partial charge >= 0.3 is 0 Å². The van der Waals surface area contributed by atoms with Gasteiger partial charge in [-0.2, -0.15) is 0 Å². The lowest BCUT2D eigenvalue weighted by molar-refractivity contribution is 0.0513. The van der Waals surface area contributed by atoms with Gasteiger partial charge in [-0.3, -0.25) is 0 Å². The van der Waals surface area contributed by atoms with E-state index < -0.39 is 0 Å². The van der Waals surface area contributed by atoms with Crippen LogP contribution >= 0.6 is 0 Å². The van der Waals surface area contributed by atoms with Crippen molar-refractivity contribution in [3.8, 4) is 0 Å². The molecule has 0 aliphatic heterocycles. The van der Waals surface area contributed by atoms with Crippen LogP contribution in [0, 0.1) is 5.92 Å². The van der Waals surface area contributed by atoms with Crippen molar-refractivity contribution in [2.75, 3.05) is 7.11 Å². The Labute approximate surface area is 93.5 Å². The summed E-state index contributed by atoms with van der Waals surface area (Å²) in [6, 6.07) is 10.6. The van der Waals surface area contributed by atoms with Gasteiger partial charge in [-0.15, -0.1) is 0 Å². The van der Waals surface area contributed by atoms with Crippen LogP contribution in [0.3, 0.4) is 0 Å². The van der Waals surface area contributed by atoms with E-state index in [9.17, 15) is 0 Å². The molecule has 1 heteroatoms. The molecule has 15 heavy (non-hydrogen) atoms. The predicted octanol–water partition coefficient (Wildman–Crippen LogP) is 3.68. The topological polar surface area (TPSA) is 9.23 Å². The molecule has 84 valence electrons. The zero-order valence-electron chi connectivity index (χ0n) is 10.1. The Kier molecular flexibility index (Phi) is 5.41. The average Bonchev–Trinajstić information content (AvgIpc) is 2.27. The van der Waals surface area contributed by atoms with Crippen molar-refractivity contribution in [2.45, 2.75) is 39.2 Å². The summed E-state index contributed by atoms with van der Waals surface area (Å²) in [5.41, 5.74) is 1.41. The number of rotatable bonds is 6. The fourth-order valence-corrected chi connectivity index (χ4v) is 2.04. The molecule has 1 aromatic carbocycles. The molecule has 0 bridgehead atoms. The smallest absolute Gasteiger partial charge is 0.0599 e. The van der Waals surface area contributed by atoms with E-state index in [-0.39, 0.29) is 0 Å². The molecule has 0 aliphatic rings. The van der Waals surface area contributed by atoms with Crippen LogP contribution in [-0.2, 0) is 11.2 Å². The van der Waals surface area contributed by atoms with Gasteiger partial charge in [0.05, 0.1) is 6.10 Å². The van der Waals surface area contributed by atoms with Crippen LogP contribution in [0.2, 0.25) is 0 Å². The van der Waals surface area contributed by atoms with Crippen LogP contribution in [0.5, 0.6) is 0 Å². The monoisotopic (exact) mass is 206 g/mol. The van der Waals surface area contributed by atoms with Gasteiger partial charge in [-0.05, 0) is 24.3 Å². The quantitative estimate of drug-likeness (QED) is 0.690. The molecule has 0 saturated heterocycles. The highest BCUT2D eigenvalue weighted by Gasteiger charge is 2.15. The van der Waals surface area contributed by atoms with E-state index >= 15 is 0 Å². The maximum absolute atomic E-state index is 5.52. The highest BCUT2D eigenvalue weighted by Crippen LogP contribution is 2.17. The average molecular weight is 206 g/mol. The molecule has 0 aliphatic carbocycles. The van der Waals surface area contributed by atoms with Crippen molar-refractivity contribution in [3.63, 3.8) is 0 Å². The minimum Gasteiger partial charge on any atom is -0.381 e. The van der Waals surface area contributed by atoms with E-state index in [2.05, 4.69) is 44.2 Å². The second-order valence-electron chi connectivity index (χ2n) is 4.23. The lowest BCUT2D eigenvalue weighted by Gasteiger charge is -2.22. The van der Waals surface area contributed by atoms with Gasteiger partial charge in [-0.1, -0.05) is 50.6 Å². The normalized spacial score (nSPS) is 14.9. The molecule has 1 aromatic rings. The Morgan fingerprint density at radius 1 is 1.20 bits per heavy atom. The number of ether oxygens (including phenoxy) is 1. The molecule has 0 heterocycles. The molecule has 0 unspecified atom stereocenters. The van der Waals surface area contributed by atoms with Crippen molar-refractivity contribution in [1.29, 1.82) is 0 Å². The second-order valence-corrected chi connectivity index (χ2v) is 4.23. The molecule has 1 nitrogen and oxygen atoms in total. The fourth-order valence-electron chi connectivity index (χ4n) is 2.04. The number of benzene rings is 1. The first-order valence-electron chi connectivity index (χ1n) is 5.84. The van der Waals surface area contributed by atoms with Gasteiger partial charge in [0.2, 0.25) is 0 Å². The van der Waals surface area contributed by atoms with Crippen LogP contribution in [0.4, 0.5) is 0 Å². The summed E-state index contributed by atoms with van der Waals surface area (Å²) in [7, 11) is 1.82. The number of methoxy groups -OCH3 is 1. The maximum Gasteiger partial charge on any atom is 0.0599 e. The second kappa shape index (κ2) is 6.62. The lowest BCUT2D eigenvalue weighted by atomic mass is 9.93. The molecule has 2 atom stereocenters. The molecule has 0 spiro atoms. The predicted molar refractivity (Wildman–Crippen MR) is 65.0 cm³/mol. The summed E-state index contributed by atoms with van der Waals surface area (Å²) in [6.07, 6.45) is 3.86. The van der Waals surface area contributed by atoms with Gasteiger partial charge in [0, 0.05) is 7.11 Å². The molecule has 1 rings (SSSR count). The van der Waals surface area contributed by atoms with Gasteiger partial charge in [0.1, 0.15) is 0 Å². The maximum atomic E-state index is 5.52. The highest BCUT2D eigenvalue weighted by molar-refractivity contribution is 5.15. The third kappa shape index (κ3) is 4.05. The van der Waals surface area contributed by atoms with Gasteiger partial charge in [-0.25, -0.2) is 0 Å². The molecule has 0 saturated carbocycles. The Morgan fingerprint density at radius 3 is 2.40 bits per heavy atom. The lowest BCUT2D eigenvalue weighted by Crippen LogP contribution is -2.22. The zero-order chi connectivity index (χ0) is 11.1. The molecule has 0 N–H and O–H groups in total. The summed E-state index contributed by atoms with van der Waals surface area (Å²) < 4.78 is 5.52. The van der Waals surface area contributed by atoms with Crippen molar-refractivity contribution in [3.05, 3.63) is 35.9 Å². The van der Waals surface area contributed by atoms with E-state index in [0.29, 0.717) is 12.0 Å². The Hall–Kier alpha value is -0.820. The summed E-state index contributed by atoms with van der Waals surface area (Å²) in [5.74, 6) is 0.595. The van der Waals surface area contributed by atoms with E-state index in [1.54, 1.807) is 0 Å². The Bertz CT molecular complexity index is 255. The van der Waals surface area contributed by atoms with Gasteiger partial charge in [0.15, 0.2) is 0 Å². The van der Waals surface area contributed by atoms with E-state index in [1.165, 1.54) is 12.0 Å². The first kappa shape index (κ1) is 12.3. The Balaban J connectivity index is 2.50. The SMILES string of the molecule is CCC[C@H](OC)[C@@H](C)Cc1ccccc1. The van der Waals surface area contributed by atoms with Crippen LogP contribution in [-0.4, -0.2) is 13.2 Å².